The van der Waals surface area contributed by atoms with Crippen LogP contribution in [0.4, 0.5) is 11.4 Å². The Kier molecular flexibility index (Phi) is 9.08. The van der Waals surface area contributed by atoms with Crippen LogP contribution in [0.25, 0.3) is 0 Å². The summed E-state index contributed by atoms with van der Waals surface area (Å²) in [7, 11) is -2.68. The van der Waals surface area contributed by atoms with E-state index >= 15 is 0 Å². The Hall–Kier alpha value is -4.34. The molecule has 10 heteroatoms. The minimum absolute atomic E-state index is 0.0225. The summed E-state index contributed by atoms with van der Waals surface area (Å²) < 4.78 is 33.4. The third-order valence-corrected chi connectivity index (χ3v) is 8.18. The van der Waals surface area contributed by atoms with Crippen LogP contribution in [0.2, 0.25) is 5.02 Å². The number of anilines is 2. The van der Waals surface area contributed by atoms with Crippen molar-refractivity contribution in [2.24, 2.45) is 0 Å². The molecule has 0 bridgehead atoms. The van der Waals surface area contributed by atoms with E-state index in [1.807, 2.05) is 37.3 Å². The molecule has 40 heavy (non-hydrogen) atoms. The molecule has 2 N–H and O–H groups in total. The fourth-order valence-electron chi connectivity index (χ4n) is 4.01. The summed E-state index contributed by atoms with van der Waals surface area (Å²) in [4.78, 5) is 26.4. The maximum absolute atomic E-state index is 13.6. The number of halogens is 1. The van der Waals surface area contributed by atoms with Crippen LogP contribution in [0.5, 0.6) is 5.75 Å². The first kappa shape index (κ1) is 28.7. The first-order valence-corrected chi connectivity index (χ1v) is 14.2. The van der Waals surface area contributed by atoms with Crippen molar-refractivity contribution in [2.75, 3.05) is 23.3 Å². The Bertz CT molecular complexity index is 1580. The summed E-state index contributed by atoms with van der Waals surface area (Å²) in [6.45, 7) is 1.31. The second-order valence-electron chi connectivity index (χ2n) is 8.86. The predicted molar refractivity (Wildman–Crippen MR) is 156 cm³/mol. The smallest absolute Gasteiger partial charge is 0.264 e. The number of para-hydroxylation sites is 1. The number of nitrogens with one attached hydrogen (secondary N) is 2. The highest BCUT2D eigenvalue weighted by molar-refractivity contribution is 7.92. The fraction of sp³-hybridized carbons (Fsp3) is 0.133. The van der Waals surface area contributed by atoms with Crippen LogP contribution in [0.15, 0.2) is 108 Å². The third-order valence-electron chi connectivity index (χ3n) is 6.14. The quantitative estimate of drug-likeness (QED) is 0.252. The maximum Gasteiger partial charge on any atom is 0.264 e. The van der Waals surface area contributed by atoms with Gasteiger partial charge in [-0.05, 0) is 73.2 Å². The number of carbonyl (C=O) groups excluding carboxylic acids is 2. The van der Waals surface area contributed by atoms with Crippen LogP contribution in [0, 0.1) is 0 Å². The largest absolute Gasteiger partial charge is 0.497 e. The van der Waals surface area contributed by atoms with Crippen LogP contribution < -0.4 is 19.7 Å². The lowest BCUT2D eigenvalue weighted by atomic mass is 10.1. The molecule has 0 spiro atoms. The Balaban J connectivity index is 1.58. The molecule has 8 nitrogen and oxygen atoms in total. The standard InChI is InChI=1S/C30H28ClN3O5S/c1-21(22-8-4-3-5-9-22)32-30(36)27-10-6-7-11-28(27)33-29(35)20-34(24-14-12-23(31)13-15-24)40(37,38)26-18-16-25(39-2)17-19-26/h3-19,21H,20H2,1-2H3,(H,32,36)(H,33,35)/t21-/m0/s1. The number of ether oxygens (including phenoxy) is 1. The van der Waals surface area contributed by atoms with E-state index in [9.17, 15) is 18.0 Å². The molecule has 0 heterocycles. The second-order valence-corrected chi connectivity index (χ2v) is 11.2. The van der Waals surface area contributed by atoms with E-state index in [-0.39, 0.29) is 33.8 Å². The molecule has 0 aliphatic carbocycles. The number of amides is 2. The molecule has 4 aromatic carbocycles. The molecule has 0 aliphatic heterocycles. The Labute approximate surface area is 238 Å². The number of benzene rings is 4. The molecule has 206 valence electrons. The molecule has 0 fully saturated rings. The summed E-state index contributed by atoms with van der Waals surface area (Å²) in [5, 5.41) is 6.06. The van der Waals surface area contributed by atoms with Crippen molar-refractivity contribution in [3.63, 3.8) is 0 Å². The van der Waals surface area contributed by atoms with Crippen LogP contribution in [-0.2, 0) is 14.8 Å². The number of hydrogen-bond donors (Lipinski definition) is 2. The zero-order valence-electron chi connectivity index (χ0n) is 21.9. The number of nitrogens with zero attached hydrogens (tertiary/aromatic N) is 1. The average Bonchev–Trinajstić information content (AvgIpc) is 2.97. The number of sulfonamides is 1. The van der Waals surface area contributed by atoms with Gasteiger partial charge < -0.3 is 15.4 Å². The zero-order chi connectivity index (χ0) is 28.7. The van der Waals surface area contributed by atoms with Crippen molar-refractivity contribution in [1.29, 1.82) is 0 Å². The van der Waals surface area contributed by atoms with Gasteiger partial charge in [-0.15, -0.1) is 0 Å². The van der Waals surface area contributed by atoms with Gasteiger partial charge in [0.05, 0.1) is 35.0 Å². The summed E-state index contributed by atoms with van der Waals surface area (Å²) in [5.74, 6) is -0.526. The van der Waals surface area contributed by atoms with Gasteiger partial charge >= 0.3 is 0 Å². The SMILES string of the molecule is COc1ccc(S(=O)(=O)N(CC(=O)Nc2ccccc2C(=O)N[C@@H](C)c2ccccc2)c2ccc(Cl)cc2)cc1. The van der Waals surface area contributed by atoms with E-state index in [0.29, 0.717) is 10.8 Å². The maximum atomic E-state index is 13.6. The van der Waals surface area contributed by atoms with Gasteiger partial charge in [-0.25, -0.2) is 8.42 Å². The van der Waals surface area contributed by atoms with Crippen LogP contribution in [0.3, 0.4) is 0 Å². The van der Waals surface area contributed by atoms with Crippen molar-refractivity contribution < 1.29 is 22.7 Å². The highest BCUT2D eigenvalue weighted by Crippen LogP contribution is 2.27. The van der Waals surface area contributed by atoms with Gasteiger partial charge in [0.1, 0.15) is 12.3 Å². The predicted octanol–water partition coefficient (Wildman–Crippen LogP) is 5.67. The van der Waals surface area contributed by atoms with Gasteiger partial charge in [0, 0.05) is 5.02 Å². The van der Waals surface area contributed by atoms with E-state index in [0.717, 1.165) is 9.87 Å². The lowest BCUT2D eigenvalue weighted by molar-refractivity contribution is -0.114. The Morgan fingerprint density at radius 1 is 0.875 bits per heavy atom. The number of hydrogen-bond acceptors (Lipinski definition) is 5. The highest BCUT2D eigenvalue weighted by Gasteiger charge is 2.28. The van der Waals surface area contributed by atoms with Gasteiger partial charge in [0.25, 0.3) is 15.9 Å². The van der Waals surface area contributed by atoms with E-state index in [2.05, 4.69) is 10.6 Å². The molecule has 4 rings (SSSR count). The number of rotatable bonds is 10. The lowest BCUT2D eigenvalue weighted by Crippen LogP contribution is -2.38. The molecular formula is C30H28ClN3O5S. The van der Waals surface area contributed by atoms with E-state index in [1.165, 1.54) is 43.5 Å². The van der Waals surface area contributed by atoms with Gasteiger partial charge in [0.2, 0.25) is 5.91 Å². The van der Waals surface area contributed by atoms with Gasteiger partial charge in [0.15, 0.2) is 0 Å². The molecule has 0 saturated carbocycles. The van der Waals surface area contributed by atoms with Crippen molar-refractivity contribution in [2.45, 2.75) is 17.9 Å². The van der Waals surface area contributed by atoms with Gasteiger partial charge in [-0.3, -0.25) is 13.9 Å². The highest BCUT2D eigenvalue weighted by atomic mass is 35.5. The van der Waals surface area contributed by atoms with Crippen molar-refractivity contribution in [3.05, 3.63) is 119 Å². The minimum Gasteiger partial charge on any atom is -0.497 e. The molecule has 2 amide bonds. The number of carbonyl (C=O) groups is 2. The Morgan fingerprint density at radius 3 is 2.15 bits per heavy atom. The van der Waals surface area contributed by atoms with Gasteiger partial charge in [-0.1, -0.05) is 54.1 Å². The van der Waals surface area contributed by atoms with Crippen LogP contribution in [-0.4, -0.2) is 33.9 Å². The molecule has 0 radical (unpaired) electrons. The van der Waals surface area contributed by atoms with Crippen molar-refractivity contribution in [1.82, 2.24) is 5.32 Å². The molecule has 1 atom stereocenters. The summed E-state index contributed by atoms with van der Waals surface area (Å²) in [6, 6.07) is 27.7. The molecule has 4 aromatic rings. The molecule has 0 saturated heterocycles. The fourth-order valence-corrected chi connectivity index (χ4v) is 5.55. The first-order valence-electron chi connectivity index (χ1n) is 12.4. The zero-order valence-corrected chi connectivity index (χ0v) is 23.4. The molecule has 0 aromatic heterocycles. The van der Waals surface area contributed by atoms with E-state index in [4.69, 9.17) is 16.3 Å². The van der Waals surface area contributed by atoms with Crippen molar-refractivity contribution in [3.8, 4) is 5.75 Å². The van der Waals surface area contributed by atoms with E-state index in [1.54, 1.807) is 36.4 Å². The molecule has 0 aliphatic rings. The summed E-state index contributed by atoms with van der Waals surface area (Å²) >= 11 is 6.02. The van der Waals surface area contributed by atoms with Crippen LogP contribution >= 0.6 is 11.6 Å². The summed E-state index contributed by atoms with van der Waals surface area (Å²) in [5.41, 5.74) is 1.68. The van der Waals surface area contributed by atoms with Gasteiger partial charge in [-0.2, -0.15) is 0 Å². The van der Waals surface area contributed by atoms with Crippen molar-refractivity contribution >= 4 is 44.8 Å². The Morgan fingerprint density at radius 2 is 1.50 bits per heavy atom. The van der Waals surface area contributed by atoms with Crippen LogP contribution in [0.1, 0.15) is 28.9 Å². The summed E-state index contributed by atoms with van der Waals surface area (Å²) in [6.07, 6.45) is 0. The molecular weight excluding hydrogens is 550 g/mol. The minimum atomic E-state index is -4.16. The van der Waals surface area contributed by atoms with E-state index < -0.39 is 22.5 Å². The normalized spacial score (nSPS) is 11.8. The third kappa shape index (κ3) is 6.80. The monoisotopic (exact) mass is 577 g/mol. The molecule has 0 unspecified atom stereocenters. The topological polar surface area (TPSA) is 105 Å². The lowest BCUT2D eigenvalue weighted by Gasteiger charge is -2.24. The second kappa shape index (κ2) is 12.7. The average molecular weight is 578 g/mol. The number of methoxy groups -OCH3 is 1. The first-order chi connectivity index (χ1) is 19.2.